The van der Waals surface area contributed by atoms with Crippen molar-refractivity contribution in [3.8, 4) is 11.5 Å². The molecule has 1 unspecified atom stereocenters. The van der Waals surface area contributed by atoms with E-state index >= 15 is 0 Å². The van der Waals surface area contributed by atoms with Gasteiger partial charge in [-0.1, -0.05) is 17.7 Å². The Balaban J connectivity index is 1.68. The van der Waals surface area contributed by atoms with E-state index in [0.717, 1.165) is 30.9 Å². The first kappa shape index (κ1) is 16.0. The average molecular weight is 336 g/mol. The molecule has 0 spiro atoms. The highest BCUT2D eigenvalue weighted by Crippen LogP contribution is 2.34. The van der Waals surface area contributed by atoms with Gasteiger partial charge in [-0.2, -0.15) is 0 Å². The highest BCUT2D eigenvalue weighted by Gasteiger charge is 2.24. The lowest BCUT2D eigenvalue weighted by atomic mass is 9.94. The van der Waals surface area contributed by atoms with Crippen LogP contribution in [-0.2, 0) is 12.8 Å². The average Bonchev–Trinajstić information content (AvgIpc) is 3.00. The van der Waals surface area contributed by atoms with Crippen LogP contribution in [-0.4, -0.2) is 25.7 Å². The van der Waals surface area contributed by atoms with Crippen LogP contribution < -0.4 is 14.8 Å². The molecule has 1 aliphatic heterocycles. The molecule has 25 heavy (non-hydrogen) atoms. The molecule has 130 valence electrons. The molecule has 1 atom stereocenters. The molecule has 0 saturated heterocycles. The van der Waals surface area contributed by atoms with E-state index in [9.17, 15) is 0 Å². The molecule has 0 bridgehead atoms. The van der Waals surface area contributed by atoms with E-state index < -0.39 is 0 Å². The molecular formula is C21H24N2O2. The zero-order chi connectivity index (χ0) is 17.4. The Morgan fingerprint density at radius 1 is 1.04 bits per heavy atom. The van der Waals surface area contributed by atoms with E-state index in [0.29, 0.717) is 0 Å². The lowest BCUT2D eigenvalue weighted by molar-refractivity contribution is 0.354. The van der Waals surface area contributed by atoms with Gasteiger partial charge in [0.1, 0.15) is 0 Å². The van der Waals surface area contributed by atoms with Crippen molar-refractivity contribution in [2.24, 2.45) is 0 Å². The lowest BCUT2D eigenvalue weighted by Gasteiger charge is -2.25. The van der Waals surface area contributed by atoms with Gasteiger partial charge in [-0.25, -0.2) is 0 Å². The Bertz CT molecular complexity index is 914. The molecule has 1 aliphatic rings. The number of hydrogen-bond acceptors (Lipinski definition) is 3. The van der Waals surface area contributed by atoms with E-state index in [4.69, 9.17) is 9.47 Å². The summed E-state index contributed by atoms with van der Waals surface area (Å²) in [6.07, 6.45) is 1.99. The van der Waals surface area contributed by atoms with Crippen molar-refractivity contribution < 1.29 is 9.47 Å². The Morgan fingerprint density at radius 2 is 1.88 bits per heavy atom. The van der Waals surface area contributed by atoms with Crippen LogP contribution in [0.2, 0.25) is 0 Å². The van der Waals surface area contributed by atoms with Gasteiger partial charge in [-0.3, -0.25) is 0 Å². The molecule has 2 aromatic carbocycles. The van der Waals surface area contributed by atoms with Crippen LogP contribution in [0.3, 0.4) is 0 Å². The molecule has 0 aliphatic carbocycles. The largest absolute Gasteiger partial charge is 0.493 e. The van der Waals surface area contributed by atoms with Crippen LogP contribution in [0.25, 0.3) is 10.9 Å². The SMILES string of the molecule is COc1ccc(CC2NCCc3c2[nH]c2ccc(C)cc32)cc1OC. The minimum absolute atomic E-state index is 0.287. The molecule has 0 amide bonds. The van der Waals surface area contributed by atoms with Crippen LogP contribution in [0.5, 0.6) is 11.5 Å². The van der Waals surface area contributed by atoms with E-state index in [1.165, 1.54) is 33.3 Å². The summed E-state index contributed by atoms with van der Waals surface area (Å²) in [5.41, 5.74) is 6.56. The smallest absolute Gasteiger partial charge is 0.160 e. The molecular weight excluding hydrogens is 312 g/mol. The number of rotatable bonds is 4. The number of nitrogens with one attached hydrogen (secondary N) is 2. The third-order valence-corrected chi connectivity index (χ3v) is 5.10. The van der Waals surface area contributed by atoms with Crippen molar-refractivity contribution in [1.29, 1.82) is 0 Å². The Hall–Kier alpha value is -2.46. The summed E-state index contributed by atoms with van der Waals surface area (Å²) >= 11 is 0. The van der Waals surface area contributed by atoms with Crippen molar-refractivity contribution in [3.63, 3.8) is 0 Å². The second kappa shape index (κ2) is 6.45. The van der Waals surface area contributed by atoms with Gasteiger partial charge in [0.25, 0.3) is 0 Å². The molecule has 0 saturated carbocycles. The number of fused-ring (bicyclic) bond motifs is 3. The second-order valence-corrected chi connectivity index (χ2v) is 6.72. The maximum atomic E-state index is 5.44. The molecule has 4 rings (SSSR count). The Morgan fingerprint density at radius 3 is 2.68 bits per heavy atom. The predicted octanol–water partition coefficient (Wildman–Crippen LogP) is 3.92. The summed E-state index contributed by atoms with van der Waals surface area (Å²) < 4.78 is 10.8. The molecule has 0 fully saturated rings. The van der Waals surface area contributed by atoms with Crippen LogP contribution in [0.1, 0.15) is 28.4 Å². The van der Waals surface area contributed by atoms with Gasteiger partial charge in [0, 0.05) is 16.6 Å². The van der Waals surface area contributed by atoms with Gasteiger partial charge in [0.15, 0.2) is 11.5 Å². The van der Waals surface area contributed by atoms with Gasteiger partial charge < -0.3 is 19.8 Å². The summed E-state index contributed by atoms with van der Waals surface area (Å²) in [7, 11) is 3.34. The number of benzene rings is 2. The van der Waals surface area contributed by atoms with Crippen LogP contribution in [0.4, 0.5) is 0 Å². The first-order valence-corrected chi connectivity index (χ1v) is 8.75. The van der Waals surface area contributed by atoms with E-state index in [1.807, 2.05) is 6.07 Å². The fourth-order valence-electron chi connectivity index (χ4n) is 3.84. The highest BCUT2D eigenvalue weighted by atomic mass is 16.5. The number of hydrogen-bond donors (Lipinski definition) is 2. The summed E-state index contributed by atoms with van der Waals surface area (Å²) in [6, 6.07) is 13.1. The third-order valence-electron chi connectivity index (χ3n) is 5.10. The third kappa shape index (κ3) is 2.87. The minimum Gasteiger partial charge on any atom is -0.493 e. The number of methoxy groups -OCH3 is 2. The molecule has 4 nitrogen and oxygen atoms in total. The first-order valence-electron chi connectivity index (χ1n) is 8.75. The second-order valence-electron chi connectivity index (χ2n) is 6.72. The number of aromatic amines is 1. The quantitative estimate of drug-likeness (QED) is 0.759. The van der Waals surface area contributed by atoms with Crippen molar-refractivity contribution in [3.05, 3.63) is 58.8 Å². The van der Waals surface area contributed by atoms with Crippen molar-refractivity contribution in [2.45, 2.75) is 25.8 Å². The standard InChI is InChI=1S/C21H24N2O2/c1-13-4-6-17-16(10-13)15-8-9-22-18(21(15)23-17)11-14-5-7-19(24-2)20(12-14)25-3/h4-7,10,12,18,22-23H,8-9,11H2,1-3H3. The molecule has 2 heterocycles. The highest BCUT2D eigenvalue weighted by molar-refractivity contribution is 5.85. The molecule has 1 aromatic heterocycles. The summed E-state index contributed by atoms with van der Waals surface area (Å²) in [5, 5.41) is 5.03. The fraction of sp³-hybridized carbons (Fsp3) is 0.333. The molecule has 4 heteroatoms. The normalized spacial score (nSPS) is 16.7. The van der Waals surface area contributed by atoms with Crippen LogP contribution in [0, 0.1) is 6.92 Å². The monoisotopic (exact) mass is 336 g/mol. The molecule has 2 N–H and O–H groups in total. The number of H-pyrrole nitrogens is 1. The summed E-state index contributed by atoms with van der Waals surface area (Å²) in [5.74, 6) is 1.55. The minimum atomic E-state index is 0.287. The van der Waals surface area contributed by atoms with Crippen LogP contribution >= 0.6 is 0 Å². The molecule has 0 radical (unpaired) electrons. The van der Waals surface area contributed by atoms with Gasteiger partial charge in [0.05, 0.1) is 20.3 Å². The predicted molar refractivity (Wildman–Crippen MR) is 101 cm³/mol. The lowest BCUT2D eigenvalue weighted by Crippen LogP contribution is -2.31. The summed E-state index contributed by atoms with van der Waals surface area (Å²) in [4.78, 5) is 3.65. The van der Waals surface area contributed by atoms with Gasteiger partial charge >= 0.3 is 0 Å². The fourth-order valence-corrected chi connectivity index (χ4v) is 3.84. The zero-order valence-electron chi connectivity index (χ0n) is 15.0. The Labute approximate surface area is 148 Å². The van der Waals surface area contributed by atoms with Crippen molar-refractivity contribution in [1.82, 2.24) is 10.3 Å². The molecule has 3 aromatic rings. The topological polar surface area (TPSA) is 46.3 Å². The Kier molecular flexibility index (Phi) is 4.14. The van der Waals surface area contributed by atoms with Crippen LogP contribution in [0.15, 0.2) is 36.4 Å². The zero-order valence-corrected chi connectivity index (χ0v) is 15.0. The van der Waals surface area contributed by atoms with E-state index in [-0.39, 0.29) is 6.04 Å². The number of aromatic nitrogens is 1. The number of aryl methyl sites for hydroxylation is 1. The first-order chi connectivity index (χ1) is 12.2. The number of ether oxygens (including phenoxy) is 2. The maximum Gasteiger partial charge on any atom is 0.160 e. The van der Waals surface area contributed by atoms with Gasteiger partial charge in [-0.15, -0.1) is 0 Å². The summed E-state index contributed by atoms with van der Waals surface area (Å²) in [6.45, 7) is 3.16. The maximum absolute atomic E-state index is 5.44. The van der Waals surface area contributed by atoms with E-state index in [1.54, 1.807) is 14.2 Å². The van der Waals surface area contributed by atoms with Gasteiger partial charge in [-0.05, 0) is 61.7 Å². The van der Waals surface area contributed by atoms with Crippen molar-refractivity contribution >= 4 is 10.9 Å². The van der Waals surface area contributed by atoms with E-state index in [2.05, 4.69) is 47.6 Å². The van der Waals surface area contributed by atoms with Crippen molar-refractivity contribution in [2.75, 3.05) is 20.8 Å². The van der Waals surface area contributed by atoms with Gasteiger partial charge in [0.2, 0.25) is 0 Å².